The van der Waals surface area contributed by atoms with Crippen molar-refractivity contribution in [1.82, 2.24) is 4.98 Å². The van der Waals surface area contributed by atoms with Gasteiger partial charge < -0.3 is 9.64 Å². The van der Waals surface area contributed by atoms with Crippen LogP contribution in [0.5, 0.6) is 0 Å². The molecule has 0 bridgehead atoms. The largest absolute Gasteiger partial charge is 0.464 e. The Bertz CT molecular complexity index is 651. The molecule has 1 heterocycles. The number of rotatable bonds is 4. The van der Waals surface area contributed by atoms with Crippen molar-refractivity contribution in [2.24, 2.45) is 0 Å². The Hall–Kier alpha value is -2.36. The molecule has 0 saturated carbocycles. The van der Waals surface area contributed by atoms with Crippen LogP contribution in [0.1, 0.15) is 23.0 Å². The van der Waals surface area contributed by atoms with Gasteiger partial charge in [0.25, 0.3) is 0 Å². The zero-order valence-electron chi connectivity index (χ0n) is 12.9. The molecule has 0 unspecified atom stereocenters. The number of nitrogens with zero attached hydrogens (tertiary/aromatic N) is 2. The molecule has 21 heavy (non-hydrogen) atoms. The molecule has 0 aliphatic heterocycles. The molecule has 0 aliphatic rings. The number of carbonyl (C=O) groups is 1. The van der Waals surface area contributed by atoms with Crippen LogP contribution in [-0.4, -0.2) is 32.2 Å². The molecule has 1 aromatic carbocycles. The van der Waals surface area contributed by atoms with E-state index in [1.165, 1.54) is 12.7 Å². The Morgan fingerprint density at radius 3 is 2.62 bits per heavy atom. The van der Waals surface area contributed by atoms with Gasteiger partial charge in [-0.25, -0.2) is 9.78 Å². The summed E-state index contributed by atoms with van der Waals surface area (Å²) in [5.41, 5.74) is 4.44. The fourth-order valence-corrected chi connectivity index (χ4v) is 2.18. The number of hydrogen-bond donors (Lipinski definition) is 0. The lowest BCUT2D eigenvalue weighted by Crippen LogP contribution is -2.16. The number of benzene rings is 1. The van der Waals surface area contributed by atoms with Crippen LogP contribution in [0.2, 0.25) is 0 Å². The predicted molar refractivity (Wildman–Crippen MR) is 84.7 cm³/mol. The fraction of sp³-hybridized carbons (Fsp3) is 0.294. The number of aryl methyl sites for hydroxylation is 1. The van der Waals surface area contributed by atoms with E-state index in [0.29, 0.717) is 5.69 Å². The van der Waals surface area contributed by atoms with Gasteiger partial charge in [0, 0.05) is 25.9 Å². The maximum atomic E-state index is 11.8. The van der Waals surface area contributed by atoms with Crippen LogP contribution in [0.25, 0.3) is 11.1 Å². The summed E-state index contributed by atoms with van der Waals surface area (Å²) in [6, 6.07) is 10.3. The van der Waals surface area contributed by atoms with Crippen LogP contribution < -0.4 is 4.90 Å². The number of ether oxygens (including phenoxy) is 1. The summed E-state index contributed by atoms with van der Waals surface area (Å²) in [6.07, 6.45) is 2.70. The number of pyridine rings is 1. The molecule has 0 N–H and O–H groups in total. The molecule has 2 aromatic rings. The van der Waals surface area contributed by atoms with Crippen molar-refractivity contribution in [2.45, 2.75) is 13.3 Å². The number of carbonyl (C=O) groups excluding carboxylic acids is 1. The second-order valence-corrected chi connectivity index (χ2v) is 5.03. The third-order valence-corrected chi connectivity index (χ3v) is 3.40. The Morgan fingerprint density at radius 1 is 1.24 bits per heavy atom. The highest BCUT2D eigenvalue weighted by molar-refractivity contribution is 5.94. The molecule has 110 valence electrons. The van der Waals surface area contributed by atoms with Crippen LogP contribution in [-0.2, 0) is 11.2 Å². The van der Waals surface area contributed by atoms with Crippen LogP contribution >= 0.6 is 0 Å². The van der Waals surface area contributed by atoms with Gasteiger partial charge in [-0.3, -0.25) is 0 Å². The highest BCUT2D eigenvalue weighted by atomic mass is 16.5. The Labute approximate surface area is 125 Å². The lowest BCUT2D eigenvalue weighted by molar-refractivity contribution is 0.0595. The molecule has 0 saturated heterocycles. The van der Waals surface area contributed by atoms with Gasteiger partial charge in [0.05, 0.1) is 12.8 Å². The van der Waals surface area contributed by atoms with Gasteiger partial charge in [-0.2, -0.15) is 0 Å². The number of anilines is 1. The minimum absolute atomic E-state index is 0.331. The van der Waals surface area contributed by atoms with Gasteiger partial charge in [0.2, 0.25) is 0 Å². The molecular weight excluding hydrogens is 264 g/mol. The highest BCUT2D eigenvalue weighted by Gasteiger charge is 2.16. The van der Waals surface area contributed by atoms with E-state index in [4.69, 9.17) is 4.74 Å². The summed E-state index contributed by atoms with van der Waals surface area (Å²) in [5, 5.41) is 0. The monoisotopic (exact) mass is 284 g/mol. The second kappa shape index (κ2) is 6.39. The van der Waals surface area contributed by atoms with E-state index in [1.54, 1.807) is 6.20 Å². The van der Waals surface area contributed by atoms with Crippen LogP contribution in [0.3, 0.4) is 0 Å². The number of esters is 1. The van der Waals surface area contributed by atoms with E-state index in [2.05, 4.69) is 24.0 Å². The Balaban J connectivity index is 2.51. The Morgan fingerprint density at radius 2 is 2.00 bits per heavy atom. The van der Waals surface area contributed by atoms with Gasteiger partial charge in [-0.1, -0.05) is 31.2 Å². The summed E-state index contributed by atoms with van der Waals surface area (Å²) in [5.74, 6) is -0.424. The van der Waals surface area contributed by atoms with E-state index in [1.807, 2.05) is 37.2 Å². The standard InChI is InChI=1S/C17H20N2O2/c1-5-12-7-6-8-13(9-12)14-10-15(19(2)3)16(18-11-14)17(20)21-4/h6-11H,5H2,1-4H3. The van der Waals surface area contributed by atoms with E-state index in [0.717, 1.165) is 23.2 Å². The SMILES string of the molecule is CCc1cccc(-c2cnc(C(=O)OC)c(N(C)C)c2)c1. The number of methoxy groups -OCH3 is 1. The van der Waals surface area contributed by atoms with Crippen molar-refractivity contribution >= 4 is 11.7 Å². The van der Waals surface area contributed by atoms with Gasteiger partial charge in [-0.05, 0) is 23.6 Å². The average Bonchev–Trinajstić information content (AvgIpc) is 2.53. The van der Waals surface area contributed by atoms with Crippen LogP contribution in [0.4, 0.5) is 5.69 Å². The lowest BCUT2D eigenvalue weighted by Gasteiger charge is -2.17. The summed E-state index contributed by atoms with van der Waals surface area (Å²) in [6.45, 7) is 2.13. The lowest BCUT2D eigenvalue weighted by atomic mass is 10.0. The molecular formula is C17H20N2O2. The van der Waals surface area contributed by atoms with Crippen molar-refractivity contribution < 1.29 is 9.53 Å². The van der Waals surface area contributed by atoms with E-state index in [-0.39, 0.29) is 0 Å². The van der Waals surface area contributed by atoms with Crippen molar-refractivity contribution in [2.75, 3.05) is 26.1 Å². The van der Waals surface area contributed by atoms with E-state index >= 15 is 0 Å². The molecule has 0 fully saturated rings. The summed E-state index contributed by atoms with van der Waals surface area (Å²) >= 11 is 0. The molecule has 0 spiro atoms. The topological polar surface area (TPSA) is 42.4 Å². The highest BCUT2D eigenvalue weighted by Crippen LogP contribution is 2.26. The normalized spacial score (nSPS) is 10.3. The minimum atomic E-state index is -0.424. The summed E-state index contributed by atoms with van der Waals surface area (Å²) in [7, 11) is 5.13. The predicted octanol–water partition coefficient (Wildman–Crippen LogP) is 3.16. The van der Waals surface area contributed by atoms with Crippen molar-refractivity contribution in [3.63, 3.8) is 0 Å². The third-order valence-electron chi connectivity index (χ3n) is 3.40. The number of hydrogen-bond acceptors (Lipinski definition) is 4. The summed E-state index contributed by atoms with van der Waals surface area (Å²) < 4.78 is 4.78. The molecule has 4 nitrogen and oxygen atoms in total. The van der Waals surface area contributed by atoms with Crippen molar-refractivity contribution in [3.05, 3.63) is 47.8 Å². The maximum absolute atomic E-state index is 11.8. The summed E-state index contributed by atoms with van der Waals surface area (Å²) in [4.78, 5) is 17.9. The first-order valence-electron chi connectivity index (χ1n) is 6.91. The smallest absolute Gasteiger partial charge is 0.358 e. The molecule has 4 heteroatoms. The van der Waals surface area contributed by atoms with E-state index in [9.17, 15) is 4.79 Å². The molecule has 0 radical (unpaired) electrons. The maximum Gasteiger partial charge on any atom is 0.358 e. The minimum Gasteiger partial charge on any atom is -0.464 e. The zero-order chi connectivity index (χ0) is 15.4. The Kier molecular flexibility index (Phi) is 4.58. The average molecular weight is 284 g/mol. The molecule has 2 rings (SSSR count). The first kappa shape index (κ1) is 15.0. The molecule has 0 atom stereocenters. The molecule has 1 aromatic heterocycles. The first-order chi connectivity index (χ1) is 10.1. The quantitative estimate of drug-likeness (QED) is 0.809. The van der Waals surface area contributed by atoms with Gasteiger partial charge in [0.1, 0.15) is 0 Å². The van der Waals surface area contributed by atoms with Gasteiger partial charge in [-0.15, -0.1) is 0 Å². The third kappa shape index (κ3) is 3.21. The van der Waals surface area contributed by atoms with Gasteiger partial charge in [0.15, 0.2) is 5.69 Å². The molecule has 0 aliphatic carbocycles. The van der Waals surface area contributed by atoms with Gasteiger partial charge >= 0.3 is 5.97 Å². The van der Waals surface area contributed by atoms with Crippen molar-refractivity contribution in [1.29, 1.82) is 0 Å². The zero-order valence-corrected chi connectivity index (χ0v) is 12.9. The first-order valence-corrected chi connectivity index (χ1v) is 6.91. The number of aromatic nitrogens is 1. The van der Waals surface area contributed by atoms with E-state index < -0.39 is 5.97 Å². The molecule has 0 amide bonds. The van der Waals surface area contributed by atoms with Crippen molar-refractivity contribution in [3.8, 4) is 11.1 Å². The van der Waals surface area contributed by atoms with Crippen LogP contribution in [0, 0.1) is 0 Å². The fourth-order valence-electron chi connectivity index (χ4n) is 2.18. The van der Waals surface area contributed by atoms with Crippen LogP contribution in [0.15, 0.2) is 36.5 Å². The second-order valence-electron chi connectivity index (χ2n) is 5.03.